The van der Waals surface area contributed by atoms with E-state index < -0.39 is 21.8 Å². The van der Waals surface area contributed by atoms with Gasteiger partial charge in [0, 0.05) is 32.4 Å². The predicted molar refractivity (Wildman–Crippen MR) is 104 cm³/mol. The number of sulfonamides is 1. The Morgan fingerprint density at radius 3 is 2.43 bits per heavy atom. The molecule has 1 aliphatic heterocycles. The molecule has 0 saturated carbocycles. The molecule has 8 heteroatoms. The molecule has 0 bridgehead atoms. The SMILES string of the molecule is CN(Cc1cccc(N2CCC(C(=O)O)CC2)c1)S(=O)(=O)c1ccc(F)cc1. The maximum atomic E-state index is 13.1. The van der Waals surface area contributed by atoms with Gasteiger partial charge in [-0.3, -0.25) is 4.79 Å². The van der Waals surface area contributed by atoms with Crippen LogP contribution in [-0.2, 0) is 21.4 Å². The van der Waals surface area contributed by atoms with Gasteiger partial charge in [-0.1, -0.05) is 12.1 Å². The fraction of sp³-hybridized carbons (Fsp3) is 0.350. The van der Waals surface area contributed by atoms with Crippen molar-refractivity contribution in [3.63, 3.8) is 0 Å². The van der Waals surface area contributed by atoms with Crippen molar-refractivity contribution < 1.29 is 22.7 Å². The number of hydrogen-bond acceptors (Lipinski definition) is 4. The smallest absolute Gasteiger partial charge is 0.306 e. The van der Waals surface area contributed by atoms with E-state index in [1.807, 2.05) is 24.3 Å². The second-order valence-electron chi connectivity index (χ2n) is 6.98. The Kier molecular flexibility index (Phi) is 6.00. The Bertz CT molecular complexity index is 939. The molecule has 3 rings (SSSR count). The third kappa shape index (κ3) is 4.51. The minimum Gasteiger partial charge on any atom is -0.481 e. The van der Waals surface area contributed by atoms with E-state index >= 15 is 0 Å². The molecule has 0 spiro atoms. The predicted octanol–water partition coefficient (Wildman–Crippen LogP) is 2.95. The molecule has 1 fully saturated rings. The van der Waals surface area contributed by atoms with Crippen LogP contribution >= 0.6 is 0 Å². The average Bonchev–Trinajstić information content (AvgIpc) is 2.68. The number of carbonyl (C=O) groups is 1. The van der Waals surface area contributed by atoms with Crippen molar-refractivity contribution in [3.8, 4) is 0 Å². The van der Waals surface area contributed by atoms with Gasteiger partial charge in [-0.25, -0.2) is 12.8 Å². The Labute approximate surface area is 164 Å². The second-order valence-corrected chi connectivity index (χ2v) is 9.03. The fourth-order valence-corrected chi connectivity index (χ4v) is 4.52. The second kappa shape index (κ2) is 8.28. The molecule has 6 nitrogen and oxygen atoms in total. The summed E-state index contributed by atoms with van der Waals surface area (Å²) in [4.78, 5) is 13.3. The van der Waals surface area contributed by atoms with Crippen LogP contribution in [0.2, 0.25) is 0 Å². The van der Waals surface area contributed by atoms with E-state index in [4.69, 9.17) is 5.11 Å². The number of anilines is 1. The number of halogens is 1. The first kappa shape index (κ1) is 20.3. The van der Waals surface area contributed by atoms with Gasteiger partial charge in [0.25, 0.3) is 0 Å². The zero-order valence-electron chi connectivity index (χ0n) is 15.6. The van der Waals surface area contributed by atoms with E-state index in [0.29, 0.717) is 25.9 Å². The lowest BCUT2D eigenvalue weighted by atomic mass is 9.96. The highest BCUT2D eigenvalue weighted by molar-refractivity contribution is 7.89. The zero-order chi connectivity index (χ0) is 20.3. The van der Waals surface area contributed by atoms with Gasteiger partial charge in [-0.2, -0.15) is 4.31 Å². The summed E-state index contributed by atoms with van der Waals surface area (Å²) in [7, 11) is -2.23. The molecular weight excluding hydrogens is 383 g/mol. The molecule has 1 heterocycles. The van der Waals surface area contributed by atoms with Crippen molar-refractivity contribution in [2.45, 2.75) is 24.3 Å². The zero-order valence-corrected chi connectivity index (χ0v) is 16.4. The lowest BCUT2D eigenvalue weighted by Crippen LogP contribution is -2.36. The molecule has 150 valence electrons. The van der Waals surface area contributed by atoms with Crippen LogP contribution in [0.4, 0.5) is 10.1 Å². The number of hydrogen-bond donors (Lipinski definition) is 1. The number of nitrogens with zero attached hydrogens (tertiary/aromatic N) is 2. The maximum Gasteiger partial charge on any atom is 0.306 e. The van der Waals surface area contributed by atoms with Gasteiger partial charge in [0.2, 0.25) is 10.0 Å². The number of piperidine rings is 1. The molecule has 28 heavy (non-hydrogen) atoms. The largest absolute Gasteiger partial charge is 0.481 e. The van der Waals surface area contributed by atoms with E-state index in [1.165, 1.54) is 23.5 Å². The van der Waals surface area contributed by atoms with E-state index in [2.05, 4.69) is 4.90 Å². The molecule has 2 aromatic rings. The van der Waals surface area contributed by atoms with Gasteiger partial charge in [0.1, 0.15) is 5.82 Å². The van der Waals surface area contributed by atoms with Gasteiger partial charge in [0.15, 0.2) is 0 Å². The third-order valence-corrected chi connectivity index (χ3v) is 6.86. The summed E-state index contributed by atoms with van der Waals surface area (Å²) in [6.45, 7) is 1.49. The van der Waals surface area contributed by atoms with Crippen LogP contribution in [0.1, 0.15) is 18.4 Å². The highest BCUT2D eigenvalue weighted by Gasteiger charge is 2.25. The molecule has 0 amide bonds. The molecule has 0 atom stereocenters. The highest BCUT2D eigenvalue weighted by atomic mass is 32.2. The van der Waals surface area contributed by atoms with Gasteiger partial charge in [0.05, 0.1) is 10.8 Å². The molecule has 1 N–H and O–H groups in total. The first-order valence-electron chi connectivity index (χ1n) is 9.06. The van der Waals surface area contributed by atoms with Crippen molar-refractivity contribution in [2.75, 3.05) is 25.0 Å². The van der Waals surface area contributed by atoms with Crippen LogP contribution in [0.15, 0.2) is 53.4 Å². The van der Waals surface area contributed by atoms with Gasteiger partial charge in [-0.05, 0) is 54.8 Å². The Morgan fingerprint density at radius 2 is 1.82 bits per heavy atom. The van der Waals surface area contributed by atoms with Gasteiger partial charge in [-0.15, -0.1) is 0 Å². The summed E-state index contributed by atoms with van der Waals surface area (Å²) in [6.07, 6.45) is 1.19. The lowest BCUT2D eigenvalue weighted by Gasteiger charge is -2.32. The van der Waals surface area contributed by atoms with Gasteiger partial charge < -0.3 is 10.0 Å². The molecule has 1 aliphatic rings. The van der Waals surface area contributed by atoms with E-state index in [-0.39, 0.29) is 17.4 Å². The number of aliphatic carboxylic acids is 1. The Balaban J connectivity index is 1.70. The molecule has 2 aromatic carbocycles. The summed E-state index contributed by atoms with van der Waals surface area (Å²) in [6, 6.07) is 12.4. The molecule has 0 aliphatic carbocycles. The number of carboxylic acids is 1. The van der Waals surface area contributed by atoms with Gasteiger partial charge >= 0.3 is 5.97 Å². The third-order valence-electron chi connectivity index (χ3n) is 5.05. The monoisotopic (exact) mass is 406 g/mol. The topological polar surface area (TPSA) is 77.9 Å². The maximum absolute atomic E-state index is 13.1. The van der Waals surface area contributed by atoms with Crippen LogP contribution in [0, 0.1) is 11.7 Å². The Morgan fingerprint density at radius 1 is 1.18 bits per heavy atom. The number of rotatable bonds is 6. The minimum absolute atomic E-state index is 0.0447. The molecule has 0 aromatic heterocycles. The summed E-state index contributed by atoms with van der Waals surface area (Å²) in [5.41, 5.74) is 1.78. The minimum atomic E-state index is -3.72. The summed E-state index contributed by atoms with van der Waals surface area (Å²) in [5.74, 6) is -1.53. The lowest BCUT2D eigenvalue weighted by molar-refractivity contribution is -0.142. The van der Waals surface area contributed by atoms with Crippen LogP contribution in [0.5, 0.6) is 0 Å². The van der Waals surface area contributed by atoms with Crippen molar-refractivity contribution in [2.24, 2.45) is 5.92 Å². The first-order chi connectivity index (χ1) is 13.3. The fourth-order valence-electron chi connectivity index (χ4n) is 3.36. The summed E-state index contributed by atoms with van der Waals surface area (Å²) in [5, 5.41) is 9.12. The van der Waals surface area contributed by atoms with Crippen LogP contribution in [0.3, 0.4) is 0 Å². The van der Waals surface area contributed by atoms with E-state index in [9.17, 15) is 17.6 Å². The van der Waals surface area contributed by atoms with Crippen LogP contribution in [0.25, 0.3) is 0 Å². The van der Waals surface area contributed by atoms with Crippen molar-refractivity contribution in [1.82, 2.24) is 4.31 Å². The Hall–Kier alpha value is -2.45. The number of benzene rings is 2. The van der Waals surface area contributed by atoms with Crippen molar-refractivity contribution in [1.29, 1.82) is 0 Å². The van der Waals surface area contributed by atoms with E-state index in [1.54, 1.807) is 0 Å². The van der Waals surface area contributed by atoms with Crippen LogP contribution < -0.4 is 4.90 Å². The first-order valence-corrected chi connectivity index (χ1v) is 10.5. The van der Waals surface area contributed by atoms with Crippen molar-refractivity contribution in [3.05, 3.63) is 59.9 Å². The summed E-state index contributed by atoms with van der Waals surface area (Å²) < 4.78 is 39.6. The molecule has 1 saturated heterocycles. The highest BCUT2D eigenvalue weighted by Crippen LogP contribution is 2.25. The van der Waals surface area contributed by atoms with E-state index in [0.717, 1.165) is 23.4 Å². The van der Waals surface area contributed by atoms with Crippen LogP contribution in [-0.4, -0.2) is 43.9 Å². The normalized spacial score (nSPS) is 15.8. The summed E-state index contributed by atoms with van der Waals surface area (Å²) >= 11 is 0. The molecule has 0 unspecified atom stereocenters. The average molecular weight is 406 g/mol. The molecule has 0 radical (unpaired) electrons. The standard InChI is InChI=1S/C20H23FN2O4S/c1-22(28(26,27)19-7-5-17(21)6-8-19)14-15-3-2-4-18(13-15)23-11-9-16(10-12-23)20(24)25/h2-8,13,16H,9-12,14H2,1H3,(H,24,25). The molecular formula is C20H23FN2O4S. The quantitative estimate of drug-likeness (QED) is 0.798. The number of carboxylic acid groups (broad SMARTS) is 1. The van der Waals surface area contributed by atoms with Crippen molar-refractivity contribution >= 4 is 21.7 Å².